The zero-order valence-electron chi connectivity index (χ0n) is 26.3. The van der Waals surface area contributed by atoms with E-state index in [2.05, 4.69) is 17.6 Å². The molecule has 47 heavy (non-hydrogen) atoms. The highest BCUT2D eigenvalue weighted by Crippen LogP contribution is 2.45. The SMILES string of the molecule is CCCCc1ccc(NC2(S(=O)(=O)O)CC=C(NC(Cc3ccccc3)Cc3ccccc3)C3=C2C(=O)c2ccccc2C3=O)cc1. The van der Waals surface area contributed by atoms with Crippen LogP contribution in [0.2, 0.25) is 0 Å². The summed E-state index contributed by atoms with van der Waals surface area (Å²) in [5.41, 5.74) is 4.01. The Labute approximate surface area is 276 Å². The predicted molar refractivity (Wildman–Crippen MR) is 185 cm³/mol. The summed E-state index contributed by atoms with van der Waals surface area (Å²) < 4.78 is 37.9. The lowest BCUT2D eigenvalue weighted by Crippen LogP contribution is -2.54. The molecule has 1 unspecified atom stereocenters. The molecule has 0 amide bonds. The van der Waals surface area contributed by atoms with Crippen molar-refractivity contribution in [2.24, 2.45) is 0 Å². The molecule has 4 aromatic carbocycles. The summed E-state index contributed by atoms with van der Waals surface area (Å²) in [7, 11) is -5.00. The van der Waals surface area contributed by atoms with E-state index in [0.29, 0.717) is 24.2 Å². The standard InChI is InChI=1S/C39H38N2O5S/c1-2-3-12-27-19-21-30(22-20-27)41-39(47(44,45)46)24-23-34(35-36(39)38(43)33-18-11-10-17-32(33)37(35)42)40-31(25-28-13-6-4-7-14-28)26-29-15-8-5-9-16-29/h4-11,13-23,31,40-41H,2-3,12,24-26H2,1H3,(H,44,45,46). The second-order valence-electron chi connectivity index (χ2n) is 12.2. The molecule has 1 atom stereocenters. The predicted octanol–water partition coefficient (Wildman–Crippen LogP) is 7.13. The summed E-state index contributed by atoms with van der Waals surface area (Å²) in [6.07, 6.45) is 5.50. The van der Waals surface area contributed by atoms with E-state index in [1.165, 1.54) is 6.07 Å². The molecular weight excluding hydrogens is 609 g/mol. The normalized spacial score (nSPS) is 17.6. The number of nitrogens with one attached hydrogen (secondary N) is 2. The summed E-state index contributed by atoms with van der Waals surface area (Å²) in [6.45, 7) is 2.11. The van der Waals surface area contributed by atoms with Gasteiger partial charge in [-0.1, -0.05) is 116 Å². The Morgan fingerprint density at radius 2 is 1.30 bits per heavy atom. The molecule has 0 spiro atoms. The summed E-state index contributed by atoms with van der Waals surface area (Å²) in [5.74, 6) is -1.09. The maximum Gasteiger partial charge on any atom is 0.294 e. The van der Waals surface area contributed by atoms with Gasteiger partial charge in [0.1, 0.15) is 0 Å². The number of rotatable bonds is 12. The van der Waals surface area contributed by atoms with E-state index in [0.717, 1.165) is 36.0 Å². The van der Waals surface area contributed by atoms with Gasteiger partial charge in [-0.2, -0.15) is 8.42 Å². The Bertz CT molecular complexity index is 1910. The third kappa shape index (κ3) is 6.57. The number of aryl methyl sites for hydroxylation is 1. The van der Waals surface area contributed by atoms with E-state index in [-0.39, 0.29) is 34.7 Å². The quantitative estimate of drug-likeness (QED) is 0.140. The number of ketones is 2. The molecule has 2 aliphatic carbocycles. The summed E-state index contributed by atoms with van der Waals surface area (Å²) in [4.78, 5) is 26.4. The molecule has 3 N–H and O–H groups in total. The lowest BCUT2D eigenvalue weighted by Gasteiger charge is -2.40. The average Bonchev–Trinajstić information content (AvgIpc) is 3.08. The van der Waals surface area contributed by atoms with Crippen molar-refractivity contribution < 1.29 is 22.6 Å². The Kier molecular flexibility index (Phi) is 9.25. The molecule has 7 nitrogen and oxygen atoms in total. The number of benzene rings is 4. The first-order valence-electron chi connectivity index (χ1n) is 16.0. The number of fused-ring (bicyclic) bond motifs is 1. The van der Waals surface area contributed by atoms with Crippen molar-refractivity contribution in [1.29, 1.82) is 0 Å². The summed E-state index contributed by atoms with van der Waals surface area (Å²) in [5, 5.41) is 6.55. The topological polar surface area (TPSA) is 113 Å². The molecule has 6 rings (SSSR count). The second-order valence-corrected chi connectivity index (χ2v) is 13.9. The van der Waals surface area contributed by atoms with Gasteiger partial charge in [-0.05, 0) is 54.5 Å². The van der Waals surface area contributed by atoms with Gasteiger partial charge in [-0.3, -0.25) is 14.1 Å². The Morgan fingerprint density at radius 3 is 1.85 bits per heavy atom. The first-order chi connectivity index (χ1) is 22.7. The van der Waals surface area contributed by atoms with Gasteiger partial charge < -0.3 is 10.6 Å². The maximum absolute atomic E-state index is 14.4. The Balaban J connectivity index is 1.45. The van der Waals surface area contributed by atoms with Crippen LogP contribution in [0.4, 0.5) is 5.69 Å². The van der Waals surface area contributed by atoms with Crippen LogP contribution in [0.25, 0.3) is 0 Å². The van der Waals surface area contributed by atoms with Gasteiger partial charge in [-0.25, -0.2) is 0 Å². The average molecular weight is 647 g/mol. The number of hydrogen-bond donors (Lipinski definition) is 3. The molecule has 0 fully saturated rings. The monoisotopic (exact) mass is 646 g/mol. The number of hydrogen-bond acceptors (Lipinski definition) is 6. The minimum Gasteiger partial charge on any atom is -0.381 e. The maximum atomic E-state index is 14.4. The van der Waals surface area contributed by atoms with Gasteiger partial charge in [-0.15, -0.1) is 0 Å². The zero-order chi connectivity index (χ0) is 33.0. The number of allylic oxidation sites excluding steroid dienone is 1. The van der Waals surface area contributed by atoms with Crippen LogP contribution in [0.3, 0.4) is 0 Å². The number of carbonyl (C=O) groups excluding carboxylic acids is 2. The largest absolute Gasteiger partial charge is 0.381 e. The van der Waals surface area contributed by atoms with Crippen molar-refractivity contribution in [3.8, 4) is 0 Å². The lowest BCUT2D eigenvalue weighted by atomic mass is 9.75. The summed E-state index contributed by atoms with van der Waals surface area (Å²) in [6, 6.07) is 33.4. The molecule has 240 valence electrons. The highest BCUT2D eigenvalue weighted by molar-refractivity contribution is 7.87. The van der Waals surface area contributed by atoms with Gasteiger partial charge in [0.25, 0.3) is 10.1 Å². The lowest BCUT2D eigenvalue weighted by molar-refractivity contribution is 0.0967. The third-order valence-electron chi connectivity index (χ3n) is 8.96. The minimum absolute atomic E-state index is 0.0456. The fourth-order valence-electron chi connectivity index (χ4n) is 6.57. The molecule has 0 heterocycles. The van der Waals surface area contributed by atoms with Crippen LogP contribution >= 0.6 is 0 Å². The van der Waals surface area contributed by atoms with E-state index >= 15 is 0 Å². The van der Waals surface area contributed by atoms with Gasteiger partial charge >= 0.3 is 0 Å². The Morgan fingerprint density at radius 1 is 0.745 bits per heavy atom. The van der Waals surface area contributed by atoms with Crippen molar-refractivity contribution in [2.75, 3.05) is 5.32 Å². The van der Waals surface area contributed by atoms with E-state index in [9.17, 15) is 22.6 Å². The van der Waals surface area contributed by atoms with Crippen LogP contribution in [0.5, 0.6) is 0 Å². The van der Waals surface area contributed by atoms with E-state index in [4.69, 9.17) is 0 Å². The van der Waals surface area contributed by atoms with Gasteiger partial charge in [0, 0.05) is 35.0 Å². The second kappa shape index (κ2) is 13.5. The van der Waals surface area contributed by atoms with Crippen molar-refractivity contribution in [1.82, 2.24) is 5.32 Å². The number of unbranched alkanes of at least 4 members (excludes halogenated alkanes) is 1. The van der Waals surface area contributed by atoms with E-state index in [1.807, 2.05) is 72.8 Å². The smallest absolute Gasteiger partial charge is 0.294 e. The van der Waals surface area contributed by atoms with Crippen LogP contribution in [-0.2, 0) is 29.4 Å². The number of Topliss-reactive ketones (excluding diaryl/α,β-unsaturated/α-hetero) is 2. The molecule has 0 aromatic heterocycles. The Hall–Kier alpha value is -4.79. The van der Waals surface area contributed by atoms with Crippen LogP contribution < -0.4 is 10.6 Å². The fraction of sp³-hybridized carbons (Fsp3) is 0.231. The minimum atomic E-state index is -5.00. The highest BCUT2D eigenvalue weighted by Gasteiger charge is 2.55. The molecule has 0 radical (unpaired) electrons. The van der Waals surface area contributed by atoms with Gasteiger partial charge in [0.05, 0.1) is 11.1 Å². The first kappa shape index (κ1) is 32.2. The highest BCUT2D eigenvalue weighted by atomic mass is 32.2. The first-order valence-corrected chi connectivity index (χ1v) is 17.5. The van der Waals surface area contributed by atoms with E-state index < -0.39 is 26.6 Å². The molecule has 0 bridgehead atoms. The van der Waals surface area contributed by atoms with E-state index in [1.54, 1.807) is 36.4 Å². The van der Waals surface area contributed by atoms with Crippen LogP contribution in [0.15, 0.2) is 132 Å². The molecular formula is C39H38N2O5S. The molecule has 2 aliphatic rings. The number of anilines is 1. The van der Waals surface area contributed by atoms with Crippen LogP contribution in [-0.4, -0.2) is 35.4 Å². The van der Waals surface area contributed by atoms with Crippen molar-refractivity contribution in [3.05, 3.63) is 160 Å². The molecule has 8 heteroatoms. The van der Waals surface area contributed by atoms with Crippen molar-refractivity contribution in [2.45, 2.75) is 56.4 Å². The molecule has 4 aromatic rings. The molecule has 0 saturated carbocycles. The van der Waals surface area contributed by atoms with Crippen LogP contribution in [0, 0.1) is 0 Å². The number of carbonyl (C=O) groups is 2. The molecule has 0 saturated heterocycles. The molecule has 0 aliphatic heterocycles. The van der Waals surface area contributed by atoms with Crippen molar-refractivity contribution in [3.63, 3.8) is 0 Å². The van der Waals surface area contributed by atoms with Crippen LogP contribution in [0.1, 0.15) is 63.6 Å². The van der Waals surface area contributed by atoms with Gasteiger partial charge in [0.2, 0.25) is 0 Å². The van der Waals surface area contributed by atoms with Crippen molar-refractivity contribution >= 4 is 27.4 Å². The fourth-order valence-corrected chi connectivity index (χ4v) is 7.56. The summed E-state index contributed by atoms with van der Waals surface area (Å²) >= 11 is 0. The van der Waals surface area contributed by atoms with Gasteiger partial charge in [0.15, 0.2) is 16.4 Å². The zero-order valence-corrected chi connectivity index (χ0v) is 27.1. The third-order valence-corrected chi connectivity index (χ3v) is 10.3.